The van der Waals surface area contributed by atoms with Gasteiger partial charge in [-0.25, -0.2) is 0 Å². The highest BCUT2D eigenvalue weighted by Crippen LogP contribution is 1.87. The molecule has 0 atom stereocenters. The number of rotatable bonds is 4. The van der Waals surface area contributed by atoms with Crippen LogP contribution in [0.5, 0.6) is 0 Å². The summed E-state index contributed by atoms with van der Waals surface area (Å²) in [5, 5.41) is 0. The van der Waals surface area contributed by atoms with Crippen LogP contribution in [-0.4, -0.2) is 25.7 Å². The van der Waals surface area contributed by atoms with Crippen LogP contribution in [0.25, 0.3) is 0 Å². The highest BCUT2D eigenvalue weighted by Gasteiger charge is 1.93. The van der Waals surface area contributed by atoms with Gasteiger partial charge in [0.2, 0.25) is 0 Å². The lowest BCUT2D eigenvalue weighted by Crippen LogP contribution is -1.99. The predicted octanol–water partition coefficient (Wildman–Crippen LogP) is 0.669. The first-order valence-electron chi connectivity index (χ1n) is 3.52. The van der Waals surface area contributed by atoms with E-state index in [0.717, 1.165) is 0 Å². The fraction of sp³-hybridized carbons (Fsp3) is 0.500. The molecule has 0 aromatic rings. The number of methoxy groups -OCH3 is 1. The molecular formula is C8H12O4. The zero-order chi connectivity index (χ0) is 9.40. The maximum Gasteiger partial charge on any atom is 0.309 e. The quantitative estimate of drug-likeness (QED) is 0.462. The molecule has 0 rings (SSSR count). The number of hydrogen-bond donors (Lipinski definition) is 0. The summed E-state index contributed by atoms with van der Waals surface area (Å²) in [6.07, 6.45) is 3.39. The van der Waals surface area contributed by atoms with Crippen molar-refractivity contribution < 1.29 is 19.1 Å². The Kier molecular flexibility index (Phi) is 5.69. The molecule has 12 heavy (non-hydrogen) atoms. The summed E-state index contributed by atoms with van der Waals surface area (Å²) in [5.74, 6) is -0.646. The third-order valence-corrected chi connectivity index (χ3v) is 1.06. The molecule has 0 aliphatic heterocycles. The molecule has 4 heteroatoms. The standard InChI is InChI=1S/C8H12O4/c1-7(9)12-6-4-3-5-8(10)11-2/h3-4H,5-6H2,1-2H3. The summed E-state index contributed by atoms with van der Waals surface area (Å²) in [7, 11) is 1.32. The Morgan fingerprint density at radius 1 is 1.33 bits per heavy atom. The fourth-order valence-electron chi connectivity index (χ4n) is 0.496. The summed E-state index contributed by atoms with van der Waals surface area (Å²) in [5.41, 5.74) is 0. The van der Waals surface area contributed by atoms with Crippen molar-refractivity contribution in [2.75, 3.05) is 13.7 Å². The van der Waals surface area contributed by atoms with Crippen molar-refractivity contribution >= 4 is 11.9 Å². The molecule has 0 N–H and O–H groups in total. The van der Waals surface area contributed by atoms with Crippen LogP contribution in [0.3, 0.4) is 0 Å². The van der Waals surface area contributed by atoms with E-state index in [0.29, 0.717) is 0 Å². The van der Waals surface area contributed by atoms with Crippen LogP contribution in [-0.2, 0) is 19.1 Å². The molecule has 0 saturated carbocycles. The van der Waals surface area contributed by atoms with Gasteiger partial charge >= 0.3 is 11.9 Å². The Morgan fingerprint density at radius 2 is 2.00 bits per heavy atom. The minimum absolute atomic E-state index is 0.201. The lowest BCUT2D eigenvalue weighted by atomic mass is 10.4. The van der Waals surface area contributed by atoms with Crippen LogP contribution in [0.2, 0.25) is 0 Å². The number of carbonyl (C=O) groups is 2. The molecule has 0 aliphatic carbocycles. The molecule has 0 aromatic carbocycles. The Morgan fingerprint density at radius 3 is 2.50 bits per heavy atom. The van der Waals surface area contributed by atoms with Crippen molar-refractivity contribution in [3.8, 4) is 0 Å². The zero-order valence-electron chi connectivity index (χ0n) is 7.20. The second kappa shape index (κ2) is 6.39. The Labute approximate surface area is 71.2 Å². The third kappa shape index (κ3) is 6.80. The average molecular weight is 172 g/mol. The average Bonchev–Trinajstić information content (AvgIpc) is 2.03. The number of carbonyl (C=O) groups excluding carboxylic acids is 2. The summed E-state index contributed by atoms with van der Waals surface area (Å²) in [4.78, 5) is 20.8. The lowest BCUT2D eigenvalue weighted by molar-refractivity contribution is -0.140. The normalized spacial score (nSPS) is 9.83. The molecule has 0 bridgehead atoms. The highest BCUT2D eigenvalue weighted by molar-refractivity contribution is 5.70. The van der Waals surface area contributed by atoms with Gasteiger partial charge in [-0.1, -0.05) is 12.2 Å². The van der Waals surface area contributed by atoms with Gasteiger partial charge in [0.25, 0.3) is 0 Å². The molecule has 0 radical (unpaired) electrons. The van der Waals surface area contributed by atoms with Gasteiger partial charge in [-0.05, 0) is 0 Å². The van der Waals surface area contributed by atoms with Crippen molar-refractivity contribution in [1.82, 2.24) is 0 Å². The van der Waals surface area contributed by atoms with Crippen LogP contribution in [0.4, 0.5) is 0 Å². The van der Waals surface area contributed by atoms with Crippen LogP contribution < -0.4 is 0 Å². The minimum Gasteiger partial charge on any atom is -0.469 e. The maximum absolute atomic E-state index is 10.5. The minimum atomic E-state index is -0.335. The summed E-state index contributed by atoms with van der Waals surface area (Å²) >= 11 is 0. The van der Waals surface area contributed by atoms with Crippen molar-refractivity contribution in [3.63, 3.8) is 0 Å². The fourth-order valence-corrected chi connectivity index (χ4v) is 0.496. The van der Waals surface area contributed by atoms with E-state index < -0.39 is 0 Å². The van der Waals surface area contributed by atoms with Gasteiger partial charge in [0.05, 0.1) is 13.5 Å². The Balaban J connectivity index is 3.37. The molecular weight excluding hydrogens is 160 g/mol. The molecule has 0 amide bonds. The van der Waals surface area contributed by atoms with E-state index in [9.17, 15) is 9.59 Å². The van der Waals surface area contributed by atoms with E-state index in [-0.39, 0.29) is 25.0 Å². The third-order valence-electron chi connectivity index (χ3n) is 1.06. The van der Waals surface area contributed by atoms with Gasteiger partial charge in [0.1, 0.15) is 6.61 Å². The number of esters is 2. The van der Waals surface area contributed by atoms with Crippen LogP contribution >= 0.6 is 0 Å². The van der Waals surface area contributed by atoms with E-state index >= 15 is 0 Å². The van der Waals surface area contributed by atoms with E-state index in [1.165, 1.54) is 14.0 Å². The maximum atomic E-state index is 10.5. The second-order valence-corrected chi connectivity index (χ2v) is 2.05. The van der Waals surface area contributed by atoms with Crippen LogP contribution in [0.15, 0.2) is 12.2 Å². The molecule has 0 fully saturated rings. The van der Waals surface area contributed by atoms with Crippen molar-refractivity contribution in [2.24, 2.45) is 0 Å². The molecule has 0 heterocycles. The predicted molar refractivity (Wildman–Crippen MR) is 42.4 cm³/mol. The zero-order valence-corrected chi connectivity index (χ0v) is 7.20. The van der Waals surface area contributed by atoms with Gasteiger partial charge < -0.3 is 9.47 Å². The van der Waals surface area contributed by atoms with Crippen LogP contribution in [0, 0.1) is 0 Å². The van der Waals surface area contributed by atoms with Gasteiger partial charge in [-0.2, -0.15) is 0 Å². The number of ether oxygens (including phenoxy) is 2. The van der Waals surface area contributed by atoms with Crippen molar-refractivity contribution in [2.45, 2.75) is 13.3 Å². The molecule has 0 unspecified atom stereocenters. The van der Waals surface area contributed by atoms with E-state index in [1.54, 1.807) is 12.2 Å². The molecule has 4 nitrogen and oxygen atoms in total. The van der Waals surface area contributed by atoms with Gasteiger partial charge in [0, 0.05) is 6.92 Å². The largest absolute Gasteiger partial charge is 0.469 e. The van der Waals surface area contributed by atoms with Crippen molar-refractivity contribution in [1.29, 1.82) is 0 Å². The first-order valence-corrected chi connectivity index (χ1v) is 3.52. The van der Waals surface area contributed by atoms with Crippen LogP contribution in [0.1, 0.15) is 13.3 Å². The topological polar surface area (TPSA) is 52.6 Å². The smallest absolute Gasteiger partial charge is 0.309 e. The highest BCUT2D eigenvalue weighted by atomic mass is 16.5. The number of hydrogen-bond acceptors (Lipinski definition) is 4. The molecule has 0 saturated heterocycles. The monoisotopic (exact) mass is 172 g/mol. The van der Waals surface area contributed by atoms with E-state index in [1.807, 2.05) is 0 Å². The van der Waals surface area contributed by atoms with E-state index in [4.69, 9.17) is 0 Å². The molecule has 0 aliphatic rings. The first kappa shape index (κ1) is 10.7. The van der Waals surface area contributed by atoms with Gasteiger partial charge in [0.15, 0.2) is 0 Å². The molecule has 68 valence electrons. The SMILES string of the molecule is COC(=O)CC=CCOC(C)=O. The van der Waals surface area contributed by atoms with Gasteiger partial charge in [-0.3, -0.25) is 9.59 Å². The van der Waals surface area contributed by atoms with Gasteiger partial charge in [-0.15, -0.1) is 0 Å². The summed E-state index contributed by atoms with van der Waals surface area (Å²) < 4.78 is 8.96. The summed E-state index contributed by atoms with van der Waals surface area (Å²) in [6, 6.07) is 0. The van der Waals surface area contributed by atoms with Crippen molar-refractivity contribution in [3.05, 3.63) is 12.2 Å². The molecule has 0 spiro atoms. The Bertz CT molecular complexity index is 183. The van der Waals surface area contributed by atoms with E-state index in [2.05, 4.69) is 9.47 Å². The summed E-state index contributed by atoms with van der Waals surface area (Å²) in [6.45, 7) is 1.53. The second-order valence-electron chi connectivity index (χ2n) is 2.05. The lowest BCUT2D eigenvalue weighted by Gasteiger charge is -1.94. The first-order chi connectivity index (χ1) is 5.66. The molecule has 0 aromatic heterocycles. The Hall–Kier alpha value is -1.32.